The van der Waals surface area contributed by atoms with E-state index in [0.717, 1.165) is 44.1 Å². The van der Waals surface area contributed by atoms with Crippen LogP contribution >= 0.6 is 35.6 Å². The van der Waals surface area contributed by atoms with Gasteiger partial charge >= 0.3 is 0 Å². The number of hydrogen-bond donors (Lipinski definition) is 2. The average molecular weight is 498 g/mol. The van der Waals surface area contributed by atoms with Crippen molar-refractivity contribution in [3.8, 4) is 11.5 Å². The molecule has 1 unspecified atom stereocenters. The van der Waals surface area contributed by atoms with E-state index < -0.39 is 0 Å². The first kappa shape index (κ1) is 23.1. The second-order valence-corrected chi connectivity index (χ2v) is 6.16. The summed E-state index contributed by atoms with van der Waals surface area (Å²) in [6.07, 6.45) is 2.49. The molecule has 26 heavy (non-hydrogen) atoms. The first-order valence-electron chi connectivity index (χ1n) is 8.80. The zero-order valence-corrected chi connectivity index (χ0v) is 18.7. The molecule has 0 aromatic heterocycles. The largest absolute Gasteiger partial charge is 0.493 e. The van der Waals surface area contributed by atoms with Crippen molar-refractivity contribution in [1.29, 1.82) is 0 Å². The molecule has 148 valence electrons. The lowest BCUT2D eigenvalue weighted by molar-refractivity contribution is 0.114. The fourth-order valence-electron chi connectivity index (χ4n) is 2.68. The maximum absolute atomic E-state index is 6.31. The molecule has 1 aliphatic rings. The molecule has 1 aliphatic heterocycles. The van der Waals surface area contributed by atoms with Gasteiger partial charge in [-0.05, 0) is 44.4 Å². The van der Waals surface area contributed by atoms with Gasteiger partial charge in [-0.25, -0.2) is 4.99 Å². The van der Waals surface area contributed by atoms with Crippen molar-refractivity contribution >= 4 is 41.5 Å². The quantitative estimate of drug-likeness (QED) is 0.326. The van der Waals surface area contributed by atoms with E-state index in [1.165, 1.54) is 0 Å². The van der Waals surface area contributed by atoms with Crippen molar-refractivity contribution in [2.45, 2.75) is 39.3 Å². The summed E-state index contributed by atoms with van der Waals surface area (Å²) in [7, 11) is 1.61. The summed E-state index contributed by atoms with van der Waals surface area (Å²) in [6, 6.07) is 3.77. The smallest absolute Gasteiger partial charge is 0.191 e. The number of benzene rings is 1. The molecule has 1 atom stereocenters. The number of guanidine groups is 1. The van der Waals surface area contributed by atoms with E-state index >= 15 is 0 Å². The Bertz CT molecular complexity index is 581. The Kier molecular flexibility index (Phi) is 11.1. The van der Waals surface area contributed by atoms with Crippen LogP contribution in [0.15, 0.2) is 17.1 Å². The summed E-state index contributed by atoms with van der Waals surface area (Å²) in [5.74, 6) is 1.96. The van der Waals surface area contributed by atoms with Gasteiger partial charge in [-0.3, -0.25) is 0 Å². The monoisotopic (exact) mass is 497 g/mol. The van der Waals surface area contributed by atoms with Crippen LogP contribution in [-0.4, -0.2) is 45.5 Å². The highest BCUT2D eigenvalue weighted by molar-refractivity contribution is 14.0. The predicted molar refractivity (Wildman–Crippen MR) is 116 cm³/mol. The number of methoxy groups -OCH3 is 1. The van der Waals surface area contributed by atoms with Crippen LogP contribution in [0.1, 0.15) is 32.3 Å². The number of hydrogen-bond acceptors (Lipinski definition) is 4. The number of nitrogens with one attached hydrogen (secondary N) is 2. The van der Waals surface area contributed by atoms with Crippen molar-refractivity contribution in [1.82, 2.24) is 10.6 Å². The molecule has 0 radical (unpaired) electrons. The second kappa shape index (κ2) is 12.5. The third-order valence-corrected chi connectivity index (χ3v) is 4.14. The van der Waals surface area contributed by atoms with Crippen LogP contribution in [0.2, 0.25) is 5.02 Å². The summed E-state index contributed by atoms with van der Waals surface area (Å²) < 4.78 is 16.6. The summed E-state index contributed by atoms with van der Waals surface area (Å²) in [4.78, 5) is 4.62. The number of rotatable bonds is 8. The summed E-state index contributed by atoms with van der Waals surface area (Å²) in [6.45, 7) is 7.39. The topological polar surface area (TPSA) is 64.1 Å². The molecule has 0 aliphatic carbocycles. The Morgan fingerprint density at radius 2 is 2.15 bits per heavy atom. The van der Waals surface area contributed by atoms with E-state index in [9.17, 15) is 0 Å². The average Bonchev–Trinajstić information content (AvgIpc) is 3.13. The summed E-state index contributed by atoms with van der Waals surface area (Å²) in [5.41, 5.74) is 0.958. The standard InChI is InChI=1S/C18H28ClN3O3.HI/c1-4-20-18(22-12-14-7-6-8-25-14)21-11-13-9-15(19)17(24-5-2)16(10-13)23-3;/h9-10,14H,4-8,11-12H2,1-3H3,(H2,20,21,22);1H. The van der Waals surface area contributed by atoms with Crippen molar-refractivity contribution in [3.63, 3.8) is 0 Å². The Balaban J connectivity index is 0.00000338. The molecule has 1 fully saturated rings. The maximum Gasteiger partial charge on any atom is 0.191 e. The highest BCUT2D eigenvalue weighted by Crippen LogP contribution is 2.36. The Hall–Kier alpha value is -0.930. The van der Waals surface area contributed by atoms with Gasteiger partial charge in [0.25, 0.3) is 0 Å². The minimum atomic E-state index is 0. The number of nitrogens with zero attached hydrogens (tertiary/aromatic N) is 1. The third-order valence-electron chi connectivity index (χ3n) is 3.86. The zero-order valence-electron chi connectivity index (χ0n) is 15.6. The lowest BCUT2D eigenvalue weighted by Gasteiger charge is -2.15. The van der Waals surface area contributed by atoms with Gasteiger partial charge in [0.05, 0.1) is 31.4 Å². The second-order valence-electron chi connectivity index (χ2n) is 5.75. The van der Waals surface area contributed by atoms with Gasteiger partial charge in [0.15, 0.2) is 17.5 Å². The normalized spacial score (nSPS) is 16.8. The van der Waals surface area contributed by atoms with Gasteiger partial charge in [0, 0.05) is 19.7 Å². The van der Waals surface area contributed by atoms with Crippen molar-refractivity contribution in [2.24, 2.45) is 4.99 Å². The van der Waals surface area contributed by atoms with E-state index in [4.69, 9.17) is 25.8 Å². The molecule has 2 N–H and O–H groups in total. The fraction of sp³-hybridized carbons (Fsp3) is 0.611. The molecule has 0 amide bonds. The van der Waals surface area contributed by atoms with E-state index in [-0.39, 0.29) is 30.1 Å². The van der Waals surface area contributed by atoms with E-state index in [1.807, 2.05) is 26.0 Å². The molecule has 0 spiro atoms. The van der Waals surface area contributed by atoms with Gasteiger partial charge in [0.1, 0.15) is 0 Å². The first-order chi connectivity index (χ1) is 12.2. The van der Waals surface area contributed by atoms with E-state index in [2.05, 4.69) is 15.6 Å². The number of halogens is 2. The van der Waals surface area contributed by atoms with Gasteiger partial charge in [-0.2, -0.15) is 0 Å². The summed E-state index contributed by atoms with van der Waals surface area (Å²) >= 11 is 6.31. The van der Waals surface area contributed by atoms with Crippen LogP contribution in [0.4, 0.5) is 0 Å². The Labute approximate surface area is 178 Å². The van der Waals surface area contributed by atoms with Gasteiger partial charge in [0.2, 0.25) is 0 Å². The molecule has 0 saturated carbocycles. The van der Waals surface area contributed by atoms with Crippen LogP contribution < -0.4 is 20.1 Å². The highest BCUT2D eigenvalue weighted by Gasteiger charge is 2.15. The number of aliphatic imine (C=N–C) groups is 1. The van der Waals surface area contributed by atoms with Crippen LogP contribution in [0.5, 0.6) is 11.5 Å². The van der Waals surface area contributed by atoms with Crippen molar-refractivity contribution in [3.05, 3.63) is 22.7 Å². The van der Waals surface area contributed by atoms with Crippen LogP contribution in [0.25, 0.3) is 0 Å². The van der Waals surface area contributed by atoms with Crippen molar-refractivity contribution < 1.29 is 14.2 Å². The lowest BCUT2D eigenvalue weighted by atomic mass is 10.2. The predicted octanol–water partition coefficient (Wildman–Crippen LogP) is 3.60. The van der Waals surface area contributed by atoms with Crippen LogP contribution in [0, 0.1) is 0 Å². The molecule has 1 heterocycles. The maximum atomic E-state index is 6.31. The third kappa shape index (κ3) is 7.00. The fourth-order valence-corrected chi connectivity index (χ4v) is 2.96. The lowest BCUT2D eigenvalue weighted by Crippen LogP contribution is -2.41. The van der Waals surface area contributed by atoms with Gasteiger partial charge in [-0.15, -0.1) is 24.0 Å². The van der Waals surface area contributed by atoms with Crippen LogP contribution in [0.3, 0.4) is 0 Å². The minimum Gasteiger partial charge on any atom is -0.493 e. The zero-order chi connectivity index (χ0) is 18.1. The van der Waals surface area contributed by atoms with Crippen LogP contribution in [-0.2, 0) is 11.3 Å². The number of ether oxygens (including phenoxy) is 3. The highest BCUT2D eigenvalue weighted by atomic mass is 127. The molecule has 6 nitrogen and oxygen atoms in total. The molecule has 1 aromatic rings. The van der Waals surface area contributed by atoms with Gasteiger partial charge < -0.3 is 24.8 Å². The molecule has 1 aromatic carbocycles. The summed E-state index contributed by atoms with van der Waals surface area (Å²) in [5, 5.41) is 7.11. The molecule has 0 bridgehead atoms. The Morgan fingerprint density at radius 3 is 2.77 bits per heavy atom. The molecule has 8 heteroatoms. The Morgan fingerprint density at radius 1 is 1.35 bits per heavy atom. The molecule has 1 saturated heterocycles. The minimum absolute atomic E-state index is 0. The van der Waals surface area contributed by atoms with Gasteiger partial charge in [-0.1, -0.05) is 11.6 Å². The molecular weight excluding hydrogens is 469 g/mol. The van der Waals surface area contributed by atoms with Crippen molar-refractivity contribution in [2.75, 3.05) is 33.4 Å². The SMILES string of the molecule is CCNC(=NCc1cc(Cl)c(OCC)c(OC)c1)NCC1CCCO1.I. The van der Waals surface area contributed by atoms with E-state index in [1.54, 1.807) is 7.11 Å². The molecular formula is C18H29ClIN3O3. The molecule has 2 rings (SSSR count). The van der Waals surface area contributed by atoms with E-state index in [0.29, 0.717) is 29.7 Å². The first-order valence-corrected chi connectivity index (χ1v) is 9.18.